The molecule has 1 atom stereocenters. The Balaban J connectivity index is 1.63. The second-order valence-electron chi connectivity index (χ2n) is 5.51. The van der Waals surface area contributed by atoms with Crippen LogP contribution in [-0.2, 0) is 9.59 Å². The zero-order valence-corrected chi connectivity index (χ0v) is 12.7. The molecular weight excluding hydrogens is 290 g/mol. The van der Waals surface area contributed by atoms with Crippen LogP contribution in [0.5, 0.6) is 0 Å². The molecule has 3 rings (SSSR count). The molecule has 2 aliphatic heterocycles. The lowest BCUT2D eigenvalue weighted by atomic mass is 10.1. The maximum atomic E-state index is 12.0. The summed E-state index contributed by atoms with van der Waals surface area (Å²) in [5, 5.41) is 0.730. The van der Waals surface area contributed by atoms with Gasteiger partial charge in [-0.3, -0.25) is 19.4 Å². The van der Waals surface area contributed by atoms with Crippen LogP contribution < -0.4 is 4.90 Å². The molecule has 0 N–H and O–H groups in total. The summed E-state index contributed by atoms with van der Waals surface area (Å²) in [5.74, 6) is -0.154. The third kappa shape index (κ3) is 2.76. The molecule has 112 valence electrons. The lowest BCUT2D eigenvalue weighted by Crippen LogP contribution is -2.52. The van der Waals surface area contributed by atoms with Crippen LogP contribution in [0.25, 0.3) is 0 Å². The van der Waals surface area contributed by atoms with E-state index in [-0.39, 0.29) is 17.9 Å². The van der Waals surface area contributed by atoms with Crippen molar-refractivity contribution in [1.82, 2.24) is 9.80 Å². The number of amides is 2. The Morgan fingerprint density at radius 3 is 2.43 bits per heavy atom. The fourth-order valence-electron chi connectivity index (χ4n) is 2.99. The second kappa shape index (κ2) is 5.66. The van der Waals surface area contributed by atoms with Gasteiger partial charge >= 0.3 is 0 Å². The van der Waals surface area contributed by atoms with E-state index < -0.39 is 0 Å². The number of carbonyl (C=O) groups excluding carboxylic acids is 2. The third-order valence-corrected chi connectivity index (χ3v) is 4.52. The summed E-state index contributed by atoms with van der Waals surface area (Å²) in [4.78, 5) is 29.3. The lowest BCUT2D eigenvalue weighted by Gasteiger charge is -2.38. The number of carbonyl (C=O) groups is 2. The van der Waals surface area contributed by atoms with Gasteiger partial charge in [-0.15, -0.1) is 0 Å². The van der Waals surface area contributed by atoms with Crippen LogP contribution in [0, 0.1) is 0 Å². The Kier molecular flexibility index (Phi) is 3.87. The Bertz CT molecular complexity index is 570. The van der Waals surface area contributed by atoms with Gasteiger partial charge in [0.1, 0.15) is 0 Å². The minimum Gasteiger partial charge on any atom is -0.369 e. The maximum Gasteiger partial charge on any atom is 0.246 e. The van der Waals surface area contributed by atoms with Crippen molar-refractivity contribution in [3.05, 3.63) is 29.3 Å². The molecular formula is C15H18ClN3O2. The summed E-state index contributed by atoms with van der Waals surface area (Å²) in [5.41, 5.74) is 1.10. The van der Waals surface area contributed by atoms with Gasteiger partial charge in [-0.05, 0) is 18.2 Å². The van der Waals surface area contributed by atoms with Crippen LogP contribution in [-0.4, -0.2) is 60.9 Å². The number of halogens is 1. The molecule has 21 heavy (non-hydrogen) atoms. The lowest BCUT2D eigenvalue weighted by molar-refractivity contribution is -0.138. The topological polar surface area (TPSA) is 43.9 Å². The molecule has 1 unspecified atom stereocenters. The van der Waals surface area contributed by atoms with E-state index in [9.17, 15) is 9.59 Å². The SMILES string of the molecule is CN1C(=O)CC(N2CCN(c3cccc(Cl)c3)CC2)C1=O. The minimum atomic E-state index is -0.274. The molecule has 1 aromatic rings. The van der Waals surface area contributed by atoms with E-state index in [1.807, 2.05) is 24.3 Å². The van der Waals surface area contributed by atoms with Gasteiger partial charge in [0.15, 0.2) is 0 Å². The molecule has 0 aromatic heterocycles. The van der Waals surface area contributed by atoms with E-state index in [0.29, 0.717) is 6.42 Å². The van der Waals surface area contributed by atoms with Crippen molar-refractivity contribution in [2.75, 3.05) is 38.1 Å². The first kappa shape index (κ1) is 14.4. The number of hydrogen-bond acceptors (Lipinski definition) is 4. The Labute approximate surface area is 129 Å². The number of likely N-dealkylation sites (tertiary alicyclic amines) is 1. The van der Waals surface area contributed by atoms with Crippen molar-refractivity contribution in [1.29, 1.82) is 0 Å². The summed E-state index contributed by atoms with van der Waals surface area (Å²) >= 11 is 6.02. The molecule has 0 saturated carbocycles. The first-order valence-electron chi connectivity index (χ1n) is 7.11. The van der Waals surface area contributed by atoms with Crippen molar-refractivity contribution >= 4 is 29.1 Å². The predicted octanol–water partition coefficient (Wildman–Crippen LogP) is 1.22. The van der Waals surface area contributed by atoms with Crippen LogP contribution in [0.15, 0.2) is 24.3 Å². The summed E-state index contributed by atoms with van der Waals surface area (Å²) in [7, 11) is 1.56. The normalized spacial score (nSPS) is 24.0. The Morgan fingerprint density at radius 2 is 1.86 bits per heavy atom. The fourth-order valence-corrected chi connectivity index (χ4v) is 3.17. The highest BCUT2D eigenvalue weighted by Crippen LogP contribution is 2.23. The molecule has 1 aromatic carbocycles. The van der Waals surface area contributed by atoms with Gasteiger partial charge in [0.2, 0.25) is 11.8 Å². The molecule has 2 amide bonds. The number of piperazine rings is 1. The largest absolute Gasteiger partial charge is 0.369 e. The standard InChI is InChI=1S/C15H18ClN3O2/c1-17-14(20)10-13(15(17)21)19-7-5-18(6-8-19)12-4-2-3-11(16)9-12/h2-4,9,13H,5-8,10H2,1H3. The molecule has 5 nitrogen and oxygen atoms in total. The van der Waals surface area contributed by atoms with Crippen LogP contribution in [0.2, 0.25) is 5.02 Å². The number of imide groups is 1. The van der Waals surface area contributed by atoms with E-state index in [4.69, 9.17) is 11.6 Å². The second-order valence-corrected chi connectivity index (χ2v) is 5.95. The molecule has 2 saturated heterocycles. The number of nitrogens with zero attached hydrogens (tertiary/aromatic N) is 3. The van der Waals surface area contributed by atoms with E-state index in [2.05, 4.69) is 9.80 Å². The fraction of sp³-hybridized carbons (Fsp3) is 0.467. The van der Waals surface area contributed by atoms with Gasteiger partial charge in [0.25, 0.3) is 0 Å². The number of hydrogen-bond donors (Lipinski definition) is 0. The first-order chi connectivity index (χ1) is 10.1. The highest BCUT2D eigenvalue weighted by Gasteiger charge is 2.40. The molecule has 0 aliphatic carbocycles. The van der Waals surface area contributed by atoms with E-state index in [1.54, 1.807) is 7.05 Å². The number of rotatable bonds is 2. The van der Waals surface area contributed by atoms with Gasteiger partial charge in [-0.1, -0.05) is 17.7 Å². The molecule has 2 aliphatic rings. The van der Waals surface area contributed by atoms with Crippen molar-refractivity contribution in [3.63, 3.8) is 0 Å². The summed E-state index contributed by atoms with van der Waals surface area (Å²) in [6.45, 7) is 3.23. The molecule has 6 heteroatoms. The van der Waals surface area contributed by atoms with Gasteiger partial charge in [-0.25, -0.2) is 0 Å². The van der Waals surface area contributed by atoms with Crippen molar-refractivity contribution < 1.29 is 9.59 Å². The average molecular weight is 308 g/mol. The first-order valence-corrected chi connectivity index (χ1v) is 7.49. The predicted molar refractivity (Wildman–Crippen MR) is 81.4 cm³/mol. The quantitative estimate of drug-likeness (QED) is 0.771. The molecule has 0 radical (unpaired) electrons. The van der Waals surface area contributed by atoms with Gasteiger partial charge in [0.05, 0.1) is 12.5 Å². The monoisotopic (exact) mass is 307 g/mol. The maximum absolute atomic E-state index is 12.0. The zero-order valence-electron chi connectivity index (χ0n) is 12.0. The Hall–Kier alpha value is -1.59. The summed E-state index contributed by atoms with van der Waals surface area (Å²) in [6, 6.07) is 7.52. The number of benzene rings is 1. The van der Waals surface area contributed by atoms with Crippen molar-refractivity contribution in [2.24, 2.45) is 0 Å². The third-order valence-electron chi connectivity index (χ3n) is 4.29. The van der Waals surface area contributed by atoms with E-state index in [0.717, 1.165) is 36.9 Å². The zero-order chi connectivity index (χ0) is 15.0. The number of likely N-dealkylation sites (N-methyl/N-ethyl adjacent to an activating group) is 1. The van der Waals surface area contributed by atoms with Crippen LogP contribution in [0.1, 0.15) is 6.42 Å². The van der Waals surface area contributed by atoms with Crippen LogP contribution in [0.3, 0.4) is 0 Å². The van der Waals surface area contributed by atoms with Gasteiger partial charge < -0.3 is 4.90 Å². The highest BCUT2D eigenvalue weighted by molar-refractivity contribution is 6.30. The van der Waals surface area contributed by atoms with Crippen molar-refractivity contribution in [3.8, 4) is 0 Å². The highest BCUT2D eigenvalue weighted by atomic mass is 35.5. The summed E-state index contributed by atoms with van der Waals surface area (Å²) < 4.78 is 0. The molecule has 0 spiro atoms. The van der Waals surface area contributed by atoms with Gasteiger partial charge in [0, 0.05) is 43.9 Å². The molecule has 2 heterocycles. The molecule has 0 bridgehead atoms. The number of anilines is 1. The Morgan fingerprint density at radius 1 is 1.14 bits per heavy atom. The van der Waals surface area contributed by atoms with Crippen LogP contribution in [0.4, 0.5) is 5.69 Å². The van der Waals surface area contributed by atoms with Crippen molar-refractivity contribution in [2.45, 2.75) is 12.5 Å². The van der Waals surface area contributed by atoms with Crippen LogP contribution >= 0.6 is 11.6 Å². The van der Waals surface area contributed by atoms with E-state index >= 15 is 0 Å². The average Bonchev–Trinajstić information content (AvgIpc) is 2.75. The molecule has 2 fully saturated rings. The minimum absolute atomic E-state index is 0.0730. The summed E-state index contributed by atoms with van der Waals surface area (Å²) in [6.07, 6.45) is 0.312. The van der Waals surface area contributed by atoms with Gasteiger partial charge in [-0.2, -0.15) is 0 Å². The van der Waals surface area contributed by atoms with E-state index in [1.165, 1.54) is 4.90 Å². The smallest absolute Gasteiger partial charge is 0.246 e.